The molecule has 1 saturated carbocycles. The Morgan fingerprint density at radius 3 is 2.43 bits per heavy atom. The molecule has 0 radical (unpaired) electrons. The second-order valence-electron chi connectivity index (χ2n) is 5.93. The highest BCUT2D eigenvalue weighted by molar-refractivity contribution is 5.90. The lowest BCUT2D eigenvalue weighted by Gasteiger charge is -2.54. The molecule has 2 saturated heterocycles. The standard InChI is InChI=1S/C16H26O5/c1-3-5-10-19-14(17)13-12-8-7-9-16(13,21-12)15(18)20-11-6-4-2/h12-13H,3-11H2,1-2H3. The largest absolute Gasteiger partial charge is 0.465 e. The van der Waals surface area contributed by atoms with Crippen LogP contribution in [-0.2, 0) is 23.8 Å². The zero-order chi connectivity index (χ0) is 15.3. The van der Waals surface area contributed by atoms with Crippen LogP contribution in [0, 0.1) is 5.92 Å². The lowest BCUT2D eigenvalue weighted by Crippen LogP contribution is -2.70. The number of hydrogen-bond acceptors (Lipinski definition) is 5. The van der Waals surface area contributed by atoms with Gasteiger partial charge in [-0.25, -0.2) is 4.79 Å². The van der Waals surface area contributed by atoms with E-state index in [-0.39, 0.29) is 18.0 Å². The highest BCUT2D eigenvalue weighted by Crippen LogP contribution is 2.50. The molecule has 2 heterocycles. The van der Waals surface area contributed by atoms with Crippen molar-refractivity contribution >= 4 is 11.9 Å². The summed E-state index contributed by atoms with van der Waals surface area (Å²) in [6.07, 6.45) is 5.71. The molecule has 3 rings (SSSR count). The van der Waals surface area contributed by atoms with Crippen molar-refractivity contribution in [3.8, 4) is 0 Å². The van der Waals surface area contributed by atoms with Crippen LogP contribution in [0.15, 0.2) is 0 Å². The Morgan fingerprint density at radius 1 is 1.14 bits per heavy atom. The van der Waals surface area contributed by atoms with E-state index in [2.05, 4.69) is 0 Å². The number of ether oxygens (including phenoxy) is 3. The van der Waals surface area contributed by atoms with Crippen molar-refractivity contribution in [2.75, 3.05) is 13.2 Å². The van der Waals surface area contributed by atoms with Crippen LogP contribution < -0.4 is 0 Å². The summed E-state index contributed by atoms with van der Waals surface area (Å²) in [6.45, 7) is 4.89. The van der Waals surface area contributed by atoms with Gasteiger partial charge in [0.15, 0.2) is 5.60 Å². The molecule has 5 heteroatoms. The third-order valence-corrected chi connectivity index (χ3v) is 4.35. The van der Waals surface area contributed by atoms with Crippen molar-refractivity contribution in [3.05, 3.63) is 0 Å². The van der Waals surface area contributed by atoms with Crippen molar-refractivity contribution in [1.29, 1.82) is 0 Å². The highest BCUT2D eigenvalue weighted by atomic mass is 16.6. The van der Waals surface area contributed by atoms with E-state index in [9.17, 15) is 9.59 Å². The molecule has 1 aliphatic carbocycles. The van der Waals surface area contributed by atoms with Crippen LogP contribution in [0.2, 0.25) is 0 Å². The zero-order valence-corrected chi connectivity index (χ0v) is 13.1. The number of fused-ring (bicyclic) bond motifs is 2. The molecule has 0 aromatic heterocycles. The van der Waals surface area contributed by atoms with Crippen LogP contribution >= 0.6 is 0 Å². The molecule has 3 unspecified atom stereocenters. The lowest BCUT2D eigenvalue weighted by atomic mass is 9.67. The molecule has 0 N–H and O–H groups in total. The van der Waals surface area contributed by atoms with Gasteiger partial charge in [-0.2, -0.15) is 0 Å². The van der Waals surface area contributed by atoms with Crippen LogP contribution in [-0.4, -0.2) is 36.9 Å². The van der Waals surface area contributed by atoms with Gasteiger partial charge in [0.25, 0.3) is 0 Å². The zero-order valence-electron chi connectivity index (χ0n) is 13.1. The first-order valence-electron chi connectivity index (χ1n) is 8.17. The minimum atomic E-state index is -1.07. The van der Waals surface area contributed by atoms with Crippen molar-refractivity contribution in [3.63, 3.8) is 0 Å². The average Bonchev–Trinajstić information content (AvgIpc) is 2.47. The highest BCUT2D eigenvalue weighted by Gasteiger charge is 2.67. The van der Waals surface area contributed by atoms with Gasteiger partial charge in [0.2, 0.25) is 0 Å². The Bertz CT molecular complexity index is 377. The molecule has 120 valence electrons. The van der Waals surface area contributed by atoms with Gasteiger partial charge in [0.1, 0.15) is 5.92 Å². The van der Waals surface area contributed by atoms with Gasteiger partial charge in [-0.15, -0.1) is 0 Å². The van der Waals surface area contributed by atoms with E-state index in [0.29, 0.717) is 19.6 Å². The van der Waals surface area contributed by atoms with Gasteiger partial charge in [-0.1, -0.05) is 26.7 Å². The summed E-state index contributed by atoms with van der Waals surface area (Å²) in [6, 6.07) is 0. The van der Waals surface area contributed by atoms with Crippen LogP contribution in [0.1, 0.15) is 58.8 Å². The second kappa shape index (κ2) is 7.25. The van der Waals surface area contributed by atoms with Crippen molar-refractivity contribution < 1.29 is 23.8 Å². The minimum absolute atomic E-state index is 0.174. The topological polar surface area (TPSA) is 61.8 Å². The van der Waals surface area contributed by atoms with E-state index >= 15 is 0 Å². The molecular weight excluding hydrogens is 272 g/mol. The number of rotatable bonds is 8. The summed E-state index contributed by atoms with van der Waals surface area (Å²) in [5.74, 6) is -1.16. The molecule has 2 aliphatic heterocycles. The summed E-state index contributed by atoms with van der Waals surface area (Å²) < 4.78 is 16.3. The quantitative estimate of drug-likeness (QED) is 0.509. The number of carbonyl (C=O) groups is 2. The first-order chi connectivity index (χ1) is 10.2. The molecule has 0 amide bonds. The van der Waals surface area contributed by atoms with Crippen molar-refractivity contribution in [2.24, 2.45) is 5.92 Å². The molecule has 5 nitrogen and oxygen atoms in total. The second-order valence-corrected chi connectivity index (χ2v) is 5.93. The number of esters is 2. The maximum absolute atomic E-state index is 12.3. The Hall–Kier alpha value is -1.10. The smallest absolute Gasteiger partial charge is 0.339 e. The summed E-state index contributed by atoms with van der Waals surface area (Å²) >= 11 is 0. The molecule has 2 bridgehead atoms. The molecule has 0 spiro atoms. The fraction of sp³-hybridized carbons (Fsp3) is 0.875. The summed E-state index contributed by atoms with van der Waals surface area (Å²) in [5, 5.41) is 0. The normalized spacial score (nSPS) is 30.4. The maximum atomic E-state index is 12.3. The summed E-state index contributed by atoms with van der Waals surface area (Å²) in [7, 11) is 0. The average molecular weight is 298 g/mol. The van der Waals surface area contributed by atoms with Crippen LogP contribution in [0.5, 0.6) is 0 Å². The molecule has 0 aromatic carbocycles. The van der Waals surface area contributed by atoms with Gasteiger partial charge < -0.3 is 14.2 Å². The van der Waals surface area contributed by atoms with Crippen LogP contribution in [0.4, 0.5) is 0 Å². The first kappa shape index (κ1) is 16.3. The summed E-state index contributed by atoms with van der Waals surface area (Å²) in [4.78, 5) is 24.6. The van der Waals surface area contributed by atoms with E-state index in [1.165, 1.54) is 0 Å². The van der Waals surface area contributed by atoms with Crippen molar-refractivity contribution in [2.45, 2.75) is 70.5 Å². The summed E-state index contributed by atoms with van der Waals surface area (Å²) in [5.41, 5.74) is -1.07. The molecule has 3 aliphatic rings. The van der Waals surface area contributed by atoms with Crippen LogP contribution in [0.25, 0.3) is 0 Å². The molecule has 3 atom stereocenters. The molecule has 21 heavy (non-hydrogen) atoms. The Morgan fingerprint density at radius 2 is 1.81 bits per heavy atom. The third-order valence-electron chi connectivity index (χ3n) is 4.35. The van der Waals surface area contributed by atoms with E-state index in [0.717, 1.165) is 38.5 Å². The van der Waals surface area contributed by atoms with Crippen molar-refractivity contribution in [1.82, 2.24) is 0 Å². The Balaban J connectivity index is 1.95. The molecular formula is C16H26O5. The van der Waals surface area contributed by atoms with Gasteiger partial charge >= 0.3 is 11.9 Å². The van der Waals surface area contributed by atoms with E-state index in [1.54, 1.807) is 0 Å². The van der Waals surface area contributed by atoms with E-state index < -0.39 is 11.5 Å². The lowest BCUT2D eigenvalue weighted by molar-refractivity contribution is -0.284. The maximum Gasteiger partial charge on any atom is 0.339 e. The Labute approximate surface area is 126 Å². The van der Waals surface area contributed by atoms with E-state index in [1.807, 2.05) is 13.8 Å². The molecule has 0 aromatic rings. The monoisotopic (exact) mass is 298 g/mol. The first-order valence-corrected chi connectivity index (χ1v) is 8.17. The van der Waals surface area contributed by atoms with E-state index in [4.69, 9.17) is 14.2 Å². The van der Waals surface area contributed by atoms with Gasteiger partial charge in [-0.3, -0.25) is 4.79 Å². The van der Waals surface area contributed by atoms with Gasteiger partial charge in [0.05, 0.1) is 19.3 Å². The number of carbonyl (C=O) groups excluding carboxylic acids is 2. The molecule has 3 fully saturated rings. The number of hydrogen-bond donors (Lipinski definition) is 0. The fourth-order valence-electron chi connectivity index (χ4n) is 3.10. The third kappa shape index (κ3) is 3.23. The SMILES string of the molecule is CCCCOC(=O)C1C2CCCC1(C(=O)OCCCC)O2. The predicted octanol–water partition coefficient (Wildman–Crippen LogP) is 2.61. The van der Waals surface area contributed by atoms with Gasteiger partial charge in [-0.05, 0) is 32.1 Å². The Kier molecular flexibility index (Phi) is 5.62. The predicted molar refractivity (Wildman–Crippen MR) is 76.7 cm³/mol. The number of unbranched alkanes of at least 4 members (excludes halogenated alkanes) is 2. The fourth-order valence-corrected chi connectivity index (χ4v) is 3.10. The minimum Gasteiger partial charge on any atom is -0.465 e. The van der Waals surface area contributed by atoms with Crippen LogP contribution in [0.3, 0.4) is 0 Å². The van der Waals surface area contributed by atoms with Gasteiger partial charge in [0, 0.05) is 0 Å².